The number of halogens is 2. The van der Waals surface area contributed by atoms with Crippen LogP contribution in [0.3, 0.4) is 0 Å². The van der Waals surface area contributed by atoms with Gasteiger partial charge in [0.25, 0.3) is 11.8 Å². The Balaban J connectivity index is 1.89. The number of nitrogens with zero attached hydrogens (tertiary/aromatic N) is 1. The van der Waals surface area contributed by atoms with Gasteiger partial charge in [-0.25, -0.2) is 17.2 Å². The van der Waals surface area contributed by atoms with Gasteiger partial charge in [0.05, 0.1) is 5.56 Å². The first-order valence-corrected chi connectivity index (χ1v) is 9.84. The van der Waals surface area contributed by atoms with Gasteiger partial charge in [-0.05, 0) is 49.2 Å². The molecule has 0 spiro atoms. The third-order valence-electron chi connectivity index (χ3n) is 4.37. The van der Waals surface area contributed by atoms with E-state index in [9.17, 15) is 26.8 Å². The molecule has 3 rings (SSSR count). The van der Waals surface area contributed by atoms with Crippen LogP contribution in [0.4, 0.5) is 14.5 Å². The fourth-order valence-electron chi connectivity index (χ4n) is 2.90. The van der Waals surface area contributed by atoms with Gasteiger partial charge in [0.1, 0.15) is 16.5 Å². The molecule has 3 N–H and O–H groups in total. The molecule has 0 aliphatic carbocycles. The molecule has 1 heterocycles. The molecule has 148 valence electrons. The highest BCUT2D eigenvalue weighted by atomic mass is 32.2. The number of nitrogens with two attached hydrogens (primary N) is 1. The first-order chi connectivity index (χ1) is 13.2. The van der Waals surface area contributed by atoms with Crippen molar-refractivity contribution in [1.82, 2.24) is 4.31 Å². The number of amides is 2. The van der Waals surface area contributed by atoms with Gasteiger partial charge < -0.3 is 11.1 Å². The number of carbonyl (C=O) groups is 2. The lowest BCUT2D eigenvalue weighted by Crippen LogP contribution is -2.29. The number of anilines is 1. The van der Waals surface area contributed by atoms with Crippen molar-refractivity contribution in [1.29, 1.82) is 0 Å². The molecular weight excluding hydrogens is 392 g/mol. The number of carbonyl (C=O) groups excluding carboxylic acids is 2. The summed E-state index contributed by atoms with van der Waals surface area (Å²) in [5.41, 5.74) is 4.63. The van der Waals surface area contributed by atoms with Crippen molar-refractivity contribution in [2.45, 2.75) is 17.7 Å². The Kier molecular flexibility index (Phi) is 5.43. The SMILES string of the molecule is NC(=O)c1cc(NC(=O)c2ccc(F)c(S(=O)(=O)N3CCCC3)c2)ccc1F. The van der Waals surface area contributed by atoms with Gasteiger partial charge in [-0.1, -0.05) is 0 Å². The summed E-state index contributed by atoms with van der Waals surface area (Å²) >= 11 is 0. The first-order valence-electron chi connectivity index (χ1n) is 8.40. The molecule has 7 nitrogen and oxygen atoms in total. The number of nitrogens with one attached hydrogen (secondary N) is 1. The molecule has 0 saturated carbocycles. The molecular formula is C18H17F2N3O4S. The zero-order chi connectivity index (χ0) is 20.5. The zero-order valence-electron chi connectivity index (χ0n) is 14.6. The molecule has 1 aliphatic heterocycles. The van der Waals surface area contributed by atoms with Crippen LogP contribution < -0.4 is 11.1 Å². The van der Waals surface area contributed by atoms with Crippen molar-refractivity contribution in [3.63, 3.8) is 0 Å². The zero-order valence-corrected chi connectivity index (χ0v) is 15.4. The summed E-state index contributed by atoms with van der Waals surface area (Å²) in [6, 6.07) is 6.22. The molecule has 2 aromatic rings. The second kappa shape index (κ2) is 7.64. The Bertz CT molecular complexity index is 1050. The minimum atomic E-state index is -4.05. The minimum Gasteiger partial charge on any atom is -0.366 e. The van der Waals surface area contributed by atoms with Gasteiger partial charge in [-0.15, -0.1) is 0 Å². The van der Waals surface area contributed by atoms with Crippen molar-refractivity contribution in [3.8, 4) is 0 Å². The summed E-state index contributed by atoms with van der Waals surface area (Å²) in [5, 5.41) is 2.40. The number of hydrogen-bond acceptors (Lipinski definition) is 4. The fourth-order valence-corrected chi connectivity index (χ4v) is 4.51. The maximum Gasteiger partial charge on any atom is 0.255 e. The maximum absolute atomic E-state index is 14.2. The van der Waals surface area contributed by atoms with E-state index in [-0.39, 0.29) is 11.3 Å². The van der Waals surface area contributed by atoms with Gasteiger partial charge in [0, 0.05) is 24.3 Å². The molecule has 10 heteroatoms. The molecule has 1 aliphatic rings. The van der Waals surface area contributed by atoms with E-state index in [2.05, 4.69) is 5.32 Å². The third-order valence-corrected chi connectivity index (χ3v) is 6.28. The Morgan fingerprint density at radius 3 is 2.29 bits per heavy atom. The Morgan fingerprint density at radius 2 is 1.64 bits per heavy atom. The van der Waals surface area contributed by atoms with E-state index in [4.69, 9.17) is 5.73 Å². The first kappa shape index (κ1) is 19.9. The molecule has 0 bridgehead atoms. The molecule has 2 aromatic carbocycles. The highest BCUT2D eigenvalue weighted by Crippen LogP contribution is 2.25. The van der Waals surface area contributed by atoms with Crippen molar-refractivity contribution in [3.05, 3.63) is 59.2 Å². The molecule has 1 saturated heterocycles. The molecule has 0 unspecified atom stereocenters. The number of sulfonamides is 1. The van der Waals surface area contributed by atoms with E-state index in [1.807, 2.05) is 0 Å². The van der Waals surface area contributed by atoms with Crippen LogP contribution in [0.15, 0.2) is 41.3 Å². The highest BCUT2D eigenvalue weighted by Gasteiger charge is 2.30. The van der Waals surface area contributed by atoms with Crippen molar-refractivity contribution in [2.24, 2.45) is 5.73 Å². The van der Waals surface area contributed by atoms with Crippen LogP contribution in [-0.4, -0.2) is 37.6 Å². The summed E-state index contributed by atoms with van der Waals surface area (Å²) in [5.74, 6) is -3.55. The molecule has 1 fully saturated rings. The molecule has 0 aromatic heterocycles. The summed E-state index contributed by atoms with van der Waals surface area (Å²) in [7, 11) is -4.05. The second-order valence-corrected chi connectivity index (χ2v) is 8.18. The quantitative estimate of drug-likeness (QED) is 0.788. The summed E-state index contributed by atoms with van der Waals surface area (Å²) in [6.07, 6.45) is 1.38. The summed E-state index contributed by atoms with van der Waals surface area (Å²) in [6.45, 7) is 0.591. The van der Waals surface area contributed by atoms with Gasteiger partial charge in [0.15, 0.2) is 0 Å². The number of rotatable bonds is 5. The van der Waals surface area contributed by atoms with E-state index >= 15 is 0 Å². The lowest BCUT2D eigenvalue weighted by molar-refractivity contribution is 0.0992. The smallest absolute Gasteiger partial charge is 0.255 e. The van der Waals surface area contributed by atoms with Crippen LogP contribution in [0.5, 0.6) is 0 Å². The van der Waals surface area contributed by atoms with Gasteiger partial charge >= 0.3 is 0 Å². The monoisotopic (exact) mass is 409 g/mol. The van der Waals surface area contributed by atoms with Gasteiger partial charge in [0.2, 0.25) is 10.0 Å². The topological polar surface area (TPSA) is 110 Å². The van der Waals surface area contributed by atoms with E-state index in [0.29, 0.717) is 25.9 Å². The average Bonchev–Trinajstić information content (AvgIpc) is 3.19. The molecule has 0 radical (unpaired) electrons. The lowest BCUT2D eigenvalue weighted by Gasteiger charge is -2.16. The predicted molar refractivity (Wildman–Crippen MR) is 97.3 cm³/mol. The third kappa shape index (κ3) is 3.87. The van der Waals surface area contributed by atoms with Crippen molar-refractivity contribution < 1.29 is 26.8 Å². The average molecular weight is 409 g/mol. The van der Waals surface area contributed by atoms with Crippen LogP contribution in [0.1, 0.15) is 33.6 Å². The number of primary amides is 1. The summed E-state index contributed by atoms with van der Waals surface area (Å²) < 4.78 is 54.1. The van der Waals surface area contributed by atoms with Crippen LogP contribution in [0, 0.1) is 11.6 Å². The predicted octanol–water partition coefficient (Wildman–Crippen LogP) is 2.10. The molecule has 2 amide bonds. The van der Waals surface area contributed by atoms with Crippen molar-refractivity contribution in [2.75, 3.05) is 18.4 Å². The minimum absolute atomic E-state index is 0.0773. The van der Waals surface area contributed by atoms with Gasteiger partial charge in [-0.3, -0.25) is 9.59 Å². The fraction of sp³-hybridized carbons (Fsp3) is 0.222. The van der Waals surface area contributed by atoms with E-state index < -0.39 is 43.9 Å². The second-order valence-electron chi connectivity index (χ2n) is 6.27. The van der Waals surface area contributed by atoms with Gasteiger partial charge in [-0.2, -0.15) is 4.31 Å². The van der Waals surface area contributed by atoms with Crippen LogP contribution in [-0.2, 0) is 10.0 Å². The van der Waals surface area contributed by atoms with Crippen LogP contribution >= 0.6 is 0 Å². The Hall–Kier alpha value is -2.85. The maximum atomic E-state index is 14.2. The molecule has 0 atom stereocenters. The number of benzene rings is 2. The highest BCUT2D eigenvalue weighted by molar-refractivity contribution is 7.89. The Labute approximate surface area is 160 Å². The standard InChI is InChI=1S/C18H17F2N3O4S/c19-14-6-4-12(10-13(14)17(21)24)22-18(25)11-3-5-15(20)16(9-11)28(26,27)23-7-1-2-8-23/h3-6,9-10H,1-2,7-8H2,(H2,21,24)(H,22,25). The largest absolute Gasteiger partial charge is 0.366 e. The molecule has 28 heavy (non-hydrogen) atoms. The Morgan fingerprint density at radius 1 is 1.00 bits per heavy atom. The van der Waals surface area contributed by atoms with E-state index in [1.54, 1.807) is 0 Å². The van der Waals surface area contributed by atoms with Crippen LogP contribution in [0.25, 0.3) is 0 Å². The lowest BCUT2D eigenvalue weighted by atomic mass is 10.1. The van der Waals surface area contributed by atoms with Crippen LogP contribution in [0.2, 0.25) is 0 Å². The van der Waals surface area contributed by atoms with E-state index in [0.717, 1.165) is 30.3 Å². The number of hydrogen-bond donors (Lipinski definition) is 2. The van der Waals surface area contributed by atoms with Crippen molar-refractivity contribution >= 4 is 27.5 Å². The van der Waals surface area contributed by atoms with E-state index in [1.165, 1.54) is 10.4 Å². The summed E-state index contributed by atoms with van der Waals surface area (Å²) in [4.78, 5) is 23.1. The normalized spacial score (nSPS) is 14.8.